The summed E-state index contributed by atoms with van der Waals surface area (Å²) in [5.74, 6) is 0.874. The molecule has 0 saturated carbocycles. The zero-order valence-electron chi connectivity index (χ0n) is 19.7. The Kier molecular flexibility index (Phi) is 8.11. The van der Waals surface area contributed by atoms with E-state index < -0.39 is 5.41 Å². The Morgan fingerprint density at radius 1 is 1.15 bits per heavy atom. The van der Waals surface area contributed by atoms with Crippen molar-refractivity contribution in [1.82, 2.24) is 19.6 Å². The number of piperidine rings is 1. The van der Waals surface area contributed by atoms with Gasteiger partial charge in [-0.3, -0.25) is 14.3 Å². The molecule has 1 aromatic heterocycles. The molecule has 2 saturated heterocycles. The zero-order valence-corrected chi connectivity index (χ0v) is 20.5. The third kappa shape index (κ3) is 6.30. The van der Waals surface area contributed by atoms with Crippen molar-refractivity contribution >= 4 is 23.4 Å². The predicted molar refractivity (Wildman–Crippen MR) is 129 cm³/mol. The van der Waals surface area contributed by atoms with Crippen molar-refractivity contribution in [1.29, 1.82) is 0 Å². The molecule has 2 aliphatic rings. The molecule has 0 bridgehead atoms. The number of aryl methyl sites for hydroxylation is 2. The molecule has 4 rings (SSSR count). The third-order valence-electron chi connectivity index (χ3n) is 6.76. The molecule has 2 amide bonds. The number of aromatic nitrogens is 2. The van der Waals surface area contributed by atoms with Gasteiger partial charge in [-0.05, 0) is 43.5 Å². The Morgan fingerprint density at radius 2 is 1.97 bits per heavy atom. The lowest BCUT2D eigenvalue weighted by atomic mass is 9.77. The zero-order chi connectivity index (χ0) is 24.0. The highest BCUT2D eigenvalue weighted by molar-refractivity contribution is 6.30. The molecule has 2 aromatic rings. The molecule has 9 heteroatoms. The van der Waals surface area contributed by atoms with Crippen molar-refractivity contribution in [2.45, 2.75) is 32.1 Å². The van der Waals surface area contributed by atoms with Crippen molar-refractivity contribution in [2.24, 2.45) is 12.5 Å². The molecule has 0 spiro atoms. The number of ether oxygens (including phenoxy) is 2. The summed E-state index contributed by atoms with van der Waals surface area (Å²) in [4.78, 5) is 30.1. The minimum Gasteiger partial charge on any atom is -0.493 e. The van der Waals surface area contributed by atoms with E-state index in [2.05, 4.69) is 5.10 Å². The molecule has 2 aliphatic heterocycles. The van der Waals surface area contributed by atoms with Crippen molar-refractivity contribution < 1.29 is 19.1 Å². The lowest BCUT2D eigenvalue weighted by Crippen LogP contribution is -2.52. The van der Waals surface area contributed by atoms with E-state index in [9.17, 15) is 9.59 Å². The van der Waals surface area contributed by atoms with Crippen LogP contribution in [-0.2, 0) is 27.8 Å². The summed E-state index contributed by atoms with van der Waals surface area (Å²) in [6.07, 6.45) is 4.82. The van der Waals surface area contributed by atoms with Crippen molar-refractivity contribution in [3.05, 3.63) is 47.2 Å². The van der Waals surface area contributed by atoms with Crippen LogP contribution in [0, 0.1) is 5.41 Å². The molecule has 2 fully saturated rings. The van der Waals surface area contributed by atoms with Gasteiger partial charge < -0.3 is 19.3 Å². The maximum Gasteiger partial charge on any atom is 0.223 e. The summed E-state index contributed by atoms with van der Waals surface area (Å²) in [6.45, 7) is 3.92. The maximum absolute atomic E-state index is 13.2. The minimum atomic E-state index is -0.446. The van der Waals surface area contributed by atoms with Gasteiger partial charge in [0.25, 0.3) is 0 Å². The molecule has 184 valence electrons. The predicted octanol–water partition coefficient (Wildman–Crippen LogP) is 2.94. The van der Waals surface area contributed by atoms with E-state index in [4.69, 9.17) is 21.1 Å². The number of morpholine rings is 1. The molecule has 0 radical (unpaired) electrons. The number of amides is 2. The van der Waals surface area contributed by atoms with Crippen molar-refractivity contribution in [3.8, 4) is 5.75 Å². The Balaban J connectivity index is 1.45. The number of hydrogen-bond acceptors (Lipinski definition) is 5. The lowest BCUT2D eigenvalue weighted by Gasteiger charge is -2.43. The monoisotopic (exact) mass is 488 g/mol. The Hall–Kier alpha value is -2.58. The Morgan fingerprint density at radius 3 is 2.71 bits per heavy atom. The number of benzene rings is 1. The van der Waals surface area contributed by atoms with E-state index in [0.29, 0.717) is 76.0 Å². The summed E-state index contributed by atoms with van der Waals surface area (Å²) < 4.78 is 13.4. The number of rotatable bonds is 8. The number of carbonyl (C=O) groups is 2. The van der Waals surface area contributed by atoms with Gasteiger partial charge in [-0.1, -0.05) is 17.7 Å². The van der Waals surface area contributed by atoms with Crippen LogP contribution in [0.2, 0.25) is 5.02 Å². The summed E-state index contributed by atoms with van der Waals surface area (Å²) in [6, 6.07) is 9.23. The highest BCUT2D eigenvalue weighted by Crippen LogP contribution is 2.36. The van der Waals surface area contributed by atoms with Crippen LogP contribution in [-0.4, -0.2) is 77.4 Å². The van der Waals surface area contributed by atoms with E-state index >= 15 is 0 Å². The topological polar surface area (TPSA) is 76.9 Å². The quantitative estimate of drug-likeness (QED) is 0.571. The van der Waals surface area contributed by atoms with Gasteiger partial charge in [0, 0.05) is 68.4 Å². The molecule has 0 unspecified atom stereocenters. The van der Waals surface area contributed by atoms with Gasteiger partial charge in [0.05, 0.1) is 19.8 Å². The average molecular weight is 489 g/mol. The Bertz CT molecular complexity index is 991. The highest BCUT2D eigenvalue weighted by atomic mass is 35.5. The molecule has 1 aromatic carbocycles. The first-order chi connectivity index (χ1) is 16.4. The van der Waals surface area contributed by atoms with E-state index in [1.165, 1.54) is 0 Å². The number of carbonyl (C=O) groups excluding carboxylic acids is 2. The van der Waals surface area contributed by atoms with E-state index in [-0.39, 0.29) is 11.8 Å². The largest absolute Gasteiger partial charge is 0.493 e. The highest BCUT2D eigenvalue weighted by Gasteiger charge is 2.41. The Labute approximate surface area is 205 Å². The third-order valence-corrected chi connectivity index (χ3v) is 7.00. The fraction of sp³-hybridized carbons (Fsp3) is 0.560. The molecule has 0 aliphatic carbocycles. The van der Waals surface area contributed by atoms with Crippen LogP contribution >= 0.6 is 11.6 Å². The summed E-state index contributed by atoms with van der Waals surface area (Å²) in [5, 5.41) is 4.78. The van der Waals surface area contributed by atoms with Crippen LogP contribution in [0.25, 0.3) is 0 Å². The van der Waals surface area contributed by atoms with Crippen molar-refractivity contribution in [2.75, 3.05) is 46.0 Å². The number of nitrogens with zero attached hydrogens (tertiary/aromatic N) is 4. The molecule has 8 nitrogen and oxygen atoms in total. The van der Waals surface area contributed by atoms with Gasteiger partial charge in [0.2, 0.25) is 11.8 Å². The second-order valence-corrected chi connectivity index (χ2v) is 9.72. The maximum atomic E-state index is 13.2. The van der Waals surface area contributed by atoms with Gasteiger partial charge in [-0.2, -0.15) is 5.10 Å². The SMILES string of the molecule is Cn1nccc1CCC(=O)N1CCC[C@](COc2cccc(Cl)c2)(CC(=O)N2CCOCC2)C1. The molecular weight excluding hydrogens is 456 g/mol. The number of hydrogen-bond donors (Lipinski definition) is 0. The molecule has 0 N–H and O–H groups in total. The van der Waals surface area contributed by atoms with E-state index in [1.54, 1.807) is 23.0 Å². The van der Waals surface area contributed by atoms with E-state index in [0.717, 1.165) is 18.5 Å². The standard InChI is InChI=1S/C25H33ClN4O4/c1-28-21(8-10-27-28)6-7-23(31)30-11-3-9-25(18-30,17-24(32)29-12-14-33-15-13-29)19-34-22-5-2-4-20(26)16-22/h2,4-5,8,10,16H,3,6-7,9,11-15,17-19H2,1H3/t25-/m0/s1. The summed E-state index contributed by atoms with van der Waals surface area (Å²) >= 11 is 6.13. The van der Waals surface area contributed by atoms with Crippen LogP contribution in [0.5, 0.6) is 5.75 Å². The first kappa shape index (κ1) is 24.5. The van der Waals surface area contributed by atoms with E-state index in [1.807, 2.05) is 35.0 Å². The van der Waals surface area contributed by atoms with Crippen LogP contribution in [0.1, 0.15) is 31.4 Å². The number of likely N-dealkylation sites (tertiary alicyclic amines) is 1. The second kappa shape index (κ2) is 11.2. The number of halogens is 1. The molecule has 34 heavy (non-hydrogen) atoms. The second-order valence-electron chi connectivity index (χ2n) is 9.28. The fourth-order valence-electron chi connectivity index (χ4n) is 4.81. The van der Waals surface area contributed by atoms with Crippen LogP contribution < -0.4 is 4.74 Å². The summed E-state index contributed by atoms with van der Waals surface area (Å²) in [7, 11) is 1.89. The van der Waals surface area contributed by atoms with Gasteiger partial charge in [0.15, 0.2) is 0 Å². The van der Waals surface area contributed by atoms with Crippen LogP contribution in [0.3, 0.4) is 0 Å². The fourth-order valence-corrected chi connectivity index (χ4v) is 4.99. The van der Waals surface area contributed by atoms with Crippen molar-refractivity contribution in [3.63, 3.8) is 0 Å². The van der Waals surface area contributed by atoms with Gasteiger partial charge in [-0.15, -0.1) is 0 Å². The normalized spacial score (nSPS) is 20.9. The molecular formula is C25H33ClN4O4. The smallest absolute Gasteiger partial charge is 0.223 e. The van der Waals surface area contributed by atoms with Gasteiger partial charge in [-0.25, -0.2) is 0 Å². The first-order valence-corrected chi connectivity index (χ1v) is 12.3. The van der Waals surface area contributed by atoms with Gasteiger partial charge >= 0.3 is 0 Å². The van der Waals surface area contributed by atoms with Crippen LogP contribution in [0.15, 0.2) is 36.5 Å². The van der Waals surface area contributed by atoms with Crippen LogP contribution in [0.4, 0.5) is 0 Å². The lowest BCUT2D eigenvalue weighted by molar-refractivity contribution is -0.143. The molecule has 3 heterocycles. The first-order valence-electron chi connectivity index (χ1n) is 11.9. The minimum absolute atomic E-state index is 0.0992. The average Bonchev–Trinajstić information content (AvgIpc) is 3.26. The van der Waals surface area contributed by atoms with Gasteiger partial charge in [0.1, 0.15) is 5.75 Å². The molecule has 1 atom stereocenters. The summed E-state index contributed by atoms with van der Waals surface area (Å²) in [5.41, 5.74) is 0.585.